The molecule has 2 aromatic rings. The van der Waals surface area contributed by atoms with Gasteiger partial charge >= 0.3 is 0 Å². The van der Waals surface area contributed by atoms with Gasteiger partial charge in [0, 0.05) is 31.0 Å². The van der Waals surface area contributed by atoms with E-state index in [1.807, 2.05) is 39.5 Å². The molecular weight excluding hydrogens is 214 g/mol. The van der Waals surface area contributed by atoms with Crippen LogP contribution >= 0.6 is 0 Å². The van der Waals surface area contributed by atoms with Gasteiger partial charge in [-0.3, -0.25) is 4.68 Å². The molecule has 2 heterocycles. The second-order valence-corrected chi connectivity index (χ2v) is 4.12. The van der Waals surface area contributed by atoms with Crippen molar-refractivity contribution in [2.75, 3.05) is 12.4 Å². The van der Waals surface area contributed by atoms with Crippen molar-refractivity contribution in [1.29, 1.82) is 0 Å². The molecule has 0 bridgehead atoms. The van der Waals surface area contributed by atoms with E-state index < -0.39 is 0 Å². The Morgan fingerprint density at radius 3 is 2.41 bits per heavy atom. The lowest BCUT2D eigenvalue weighted by Crippen LogP contribution is -2.03. The molecule has 0 aliphatic rings. The summed E-state index contributed by atoms with van der Waals surface area (Å²) in [6.45, 7) is 6.02. The van der Waals surface area contributed by atoms with E-state index in [1.165, 1.54) is 0 Å². The molecule has 5 nitrogen and oxygen atoms in total. The van der Waals surface area contributed by atoms with Crippen molar-refractivity contribution in [3.8, 4) is 11.4 Å². The van der Waals surface area contributed by atoms with E-state index in [1.54, 1.807) is 6.20 Å². The first-order valence-corrected chi connectivity index (χ1v) is 5.56. The van der Waals surface area contributed by atoms with E-state index in [0.29, 0.717) is 0 Å². The van der Waals surface area contributed by atoms with E-state index in [4.69, 9.17) is 0 Å². The van der Waals surface area contributed by atoms with Crippen molar-refractivity contribution in [2.24, 2.45) is 7.05 Å². The zero-order valence-corrected chi connectivity index (χ0v) is 10.9. The van der Waals surface area contributed by atoms with Crippen molar-refractivity contribution in [3.05, 3.63) is 23.1 Å². The number of hydrogen-bond acceptors (Lipinski definition) is 4. The Labute approximate surface area is 101 Å². The van der Waals surface area contributed by atoms with Crippen LogP contribution in [0.5, 0.6) is 0 Å². The van der Waals surface area contributed by atoms with Gasteiger partial charge in [-0.2, -0.15) is 5.10 Å². The second kappa shape index (κ2) is 4.16. The third-order valence-electron chi connectivity index (χ3n) is 3.10. The number of aryl methyl sites for hydroxylation is 2. The number of hydrogen-bond donors (Lipinski definition) is 1. The molecule has 90 valence electrons. The van der Waals surface area contributed by atoms with Gasteiger partial charge in [0.2, 0.25) is 0 Å². The van der Waals surface area contributed by atoms with E-state index >= 15 is 0 Å². The van der Waals surface area contributed by atoms with Crippen LogP contribution in [0.3, 0.4) is 0 Å². The highest BCUT2D eigenvalue weighted by molar-refractivity contribution is 5.61. The number of aromatic nitrogens is 4. The van der Waals surface area contributed by atoms with E-state index in [2.05, 4.69) is 20.4 Å². The molecule has 0 saturated heterocycles. The average Bonchev–Trinajstić information content (AvgIpc) is 2.64. The zero-order chi connectivity index (χ0) is 12.6. The van der Waals surface area contributed by atoms with Gasteiger partial charge in [0.25, 0.3) is 0 Å². The second-order valence-electron chi connectivity index (χ2n) is 4.12. The predicted octanol–water partition coefficient (Wildman–Crippen LogP) is 1.84. The molecule has 0 aliphatic carbocycles. The van der Waals surface area contributed by atoms with Crippen LogP contribution in [0.4, 0.5) is 5.82 Å². The summed E-state index contributed by atoms with van der Waals surface area (Å²) < 4.78 is 1.83. The van der Waals surface area contributed by atoms with Crippen molar-refractivity contribution in [1.82, 2.24) is 19.7 Å². The average molecular weight is 231 g/mol. The maximum absolute atomic E-state index is 4.52. The summed E-state index contributed by atoms with van der Waals surface area (Å²) >= 11 is 0. The number of rotatable bonds is 2. The van der Waals surface area contributed by atoms with Crippen LogP contribution in [0.25, 0.3) is 11.4 Å². The Morgan fingerprint density at radius 2 is 1.88 bits per heavy atom. The molecule has 0 saturated carbocycles. The fourth-order valence-electron chi connectivity index (χ4n) is 1.71. The molecule has 1 N–H and O–H groups in total. The lowest BCUT2D eigenvalue weighted by Gasteiger charge is -2.09. The lowest BCUT2D eigenvalue weighted by molar-refractivity contribution is 0.740. The Morgan fingerprint density at radius 1 is 1.18 bits per heavy atom. The summed E-state index contributed by atoms with van der Waals surface area (Å²) in [7, 11) is 3.79. The smallest absolute Gasteiger partial charge is 0.165 e. The molecule has 0 amide bonds. The first-order valence-electron chi connectivity index (χ1n) is 5.56. The maximum atomic E-state index is 4.52. The monoisotopic (exact) mass is 231 g/mol. The minimum Gasteiger partial charge on any atom is -0.373 e. The quantitative estimate of drug-likeness (QED) is 0.857. The van der Waals surface area contributed by atoms with Gasteiger partial charge < -0.3 is 5.32 Å². The topological polar surface area (TPSA) is 55.6 Å². The Bertz CT molecular complexity index is 556. The molecule has 0 aromatic carbocycles. The van der Waals surface area contributed by atoms with E-state index in [9.17, 15) is 0 Å². The third kappa shape index (κ3) is 1.88. The van der Waals surface area contributed by atoms with Crippen LogP contribution in [0.15, 0.2) is 6.20 Å². The first-order chi connectivity index (χ1) is 8.04. The van der Waals surface area contributed by atoms with Crippen LogP contribution in [0.1, 0.15) is 17.0 Å². The lowest BCUT2D eigenvalue weighted by atomic mass is 10.2. The van der Waals surface area contributed by atoms with Crippen molar-refractivity contribution < 1.29 is 0 Å². The summed E-state index contributed by atoms with van der Waals surface area (Å²) in [4.78, 5) is 9.04. The molecular formula is C12H17N5. The minimum atomic E-state index is 0.725. The standard InChI is InChI=1S/C12H17N5/c1-7-8(2)15-12(16-11(7)13-4)10-6-14-17(5)9(10)3/h6H,1-5H3,(H,13,15,16). The van der Waals surface area contributed by atoms with E-state index in [0.717, 1.165) is 34.2 Å². The maximum Gasteiger partial charge on any atom is 0.165 e. The van der Waals surface area contributed by atoms with Gasteiger partial charge in [0.1, 0.15) is 5.82 Å². The van der Waals surface area contributed by atoms with Crippen molar-refractivity contribution >= 4 is 5.82 Å². The molecule has 2 aromatic heterocycles. The summed E-state index contributed by atoms with van der Waals surface area (Å²) in [5.41, 5.74) is 4.11. The van der Waals surface area contributed by atoms with Gasteiger partial charge in [0.15, 0.2) is 5.82 Å². The van der Waals surface area contributed by atoms with Gasteiger partial charge in [-0.25, -0.2) is 9.97 Å². The predicted molar refractivity (Wildman–Crippen MR) is 68.0 cm³/mol. The third-order valence-corrected chi connectivity index (χ3v) is 3.10. The summed E-state index contributed by atoms with van der Waals surface area (Å²) in [5, 5.41) is 7.31. The molecule has 0 fully saturated rings. The van der Waals surface area contributed by atoms with Gasteiger partial charge in [-0.05, 0) is 20.8 Å². The van der Waals surface area contributed by atoms with E-state index in [-0.39, 0.29) is 0 Å². The molecule has 17 heavy (non-hydrogen) atoms. The number of nitrogens with one attached hydrogen (secondary N) is 1. The Kier molecular flexibility index (Phi) is 2.83. The number of nitrogens with zero attached hydrogens (tertiary/aromatic N) is 4. The normalized spacial score (nSPS) is 10.6. The van der Waals surface area contributed by atoms with Crippen LogP contribution < -0.4 is 5.32 Å². The Hall–Kier alpha value is -1.91. The highest BCUT2D eigenvalue weighted by atomic mass is 15.3. The van der Waals surface area contributed by atoms with Crippen molar-refractivity contribution in [3.63, 3.8) is 0 Å². The Balaban J connectivity index is 2.61. The summed E-state index contributed by atoms with van der Waals surface area (Å²) in [5.74, 6) is 1.60. The van der Waals surface area contributed by atoms with Gasteiger partial charge in [-0.1, -0.05) is 0 Å². The van der Waals surface area contributed by atoms with Crippen LogP contribution in [-0.4, -0.2) is 26.8 Å². The molecule has 0 radical (unpaired) electrons. The van der Waals surface area contributed by atoms with Gasteiger partial charge in [0.05, 0.1) is 11.8 Å². The minimum absolute atomic E-state index is 0.725. The van der Waals surface area contributed by atoms with Gasteiger partial charge in [-0.15, -0.1) is 0 Å². The van der Waals surface area contributed by atoms with Crippen LogP contribution in [-0.2, 0) is 7.05 Å². The first kappa shape index (κ1) is 11.6. The molecule has 5 heteroatoms. The SMILES string of the molecule is CNc1nc(-c2cnn(C)c2C)nc(C)c1C. The largest absolute Gasteiger partial charge is 0.373 e. The molecule has 0 atom stereocenters. The fraction of sp³-hybridized carbons (Fsp3) is 0.417. The highest BCUT2D eigenvalue weighted by Crippen LogP contribution is 2.23. The van der Waals surface area contributed by atoms with Crippen molar-refractivity contribution in [2.45, 2.75) is 20.8 Å². The number of anilines is 1. The highest BCUT2D eigenvalue weighted by Gasteiger charge is 2.12. The van der Waals surface area contributed by atoms with Crippen LogP contribution in [0.2, 0.25) is 0 Å². The fourth-order valence-corrected chi connectivity index (χ4v) is 1.71. The zero-order valence-electron chi connectivity index (χ0n) is 10.9. The molecule has 0 unspecified atom stereocenters. The molecule has 0 aliphatic heterocycles. The molecule has 0 spiro atoms. The molecule has 2 rings (SSSR count). The summed E-state index contributed by atoms with van der Waals surface area (Å²) in [6, 6.07) is 0. The summed E-state index contributed by atoms with van der Waals surface area (Å²) in [6.07, 6.45) is 1.80. The van der Waals surface area contributed by atoms with Crippen LogP contribution in [0, 0.1) is 20.8 Å².